The summed E-state index contributed by atoms with van der Waals surface area (Å²) in [6.07, 6.45) is 5.29. The largest absolute Gasteiger partial charge is 0.355 e. The number of amides is 1. The Kier molecular flexibility index (Phi) is 4.81. The smallest absolute Gasteiger partial charge is 0.225 e. The van der Waals surface area contributed by atoms with Crippen molar-refractivity contribution >= 4 is 17.2 Å². The van der Waals surface area contributed by atoms with Crippen molar-refractivity contribution in [2.24, 2.45) is 5.41 Å². The summed E-state index contributed by atoms with van der Waals surface area (Å²) in [5.41, 5.74) is 3.31. The summed E-state index contributed by atoms with van der Waals surface area (Å²) in [6, 6.07) is 8.49. The number of carbonyl (C=O) groups is 1. The third kappa shape index (κ3) is 3.81. The molecular weight excluding hydrogens is 304 g/mol. The van der Waals surface area contributed by atoms with Crippen LogP contribution in [-0.4, -0.2) is 17.4 Å². The van der Waals surface area contributed by atoms with E-state index in [1.807, 2.05) is 6.92 Å². The molecule has 23 heavy (non-hydrogen) atoms. The molecule has 0 saturated heterocycles. The van der Waals surface area contributed by atoms with E-state index in [2.05, 4.69) is 46.9 Å². The first kappa shape index (κ1) is 16.2. The first-order chi connectivity index (χ1) is 11.1. The van der Waals surface area contributed by atoms with Crippen molar-refractivity contribution in [2.45, 2.75) is 46.0 Å². The minimum absolute atomic E-state index is 0.133. The van der Waals surface area contributed by atoms with E-state index in [1.165, 1.54) is 18.4 Å². The fourth-order valence-corrected chi connectivity index (χ4v) is 3.88. The van der Waals surface area contributed by atoms with Crippen LogP contribution in [0.3, 0.4) is 0 Å². The zero-order chi connectivity index (χ0) is 16.3. The van der Waals surface area contributed by atoms with Gasteiger partial charge in [-0.3, -0.25) is 4.79 Å². The number of hydrogen-bond donors (Lipinski definition) is 1. The molecule has 1 N–H and O–H groups in total. The normalized spacial score (nSPS) is 16.4. The minimum atomic E-state index is -0.133. The van der Waals surface area contributed by atoms with Crippen molar-refractivity contribution in [3.8, 4) is 11.3 Å². The molecular formula is C19H24N2OS. The molecule has 0 radical (unpaired) electrons. The second-order valence-corrected chi connectivity index (χ2v) is 7.78. The zero-order valence-electron chi connectivity index (χ0n) is 13.9. The lowest BCUT2D eigenvalue weighted by atomic mass is 9.88. The number of nitrogens with zero attached hydrogens (tertiary/aromatic N) is 1. The first-order valence-corrected chi connectivity index (χ1v) is 9.25. The van der Waals surface area contributed by atoms with Gasteiger partial charge in [0.2, 0.25) is 5.91 Å². The van der Waals surface area contributed by atoms with E-state index in [-0.39, 0.29) is 11.3 Å². The summed E-state index contributed by atoms with van der Waals surface area (Å²) in [5, 5.41) is 6.29. The van der Waals surface area contributed by atoms with Gasteiger partial charge < -0.3 is 5.32 Å². The van der Waals surface area contributed by atoms with Crippen molar-refractivity contribution in [1.82, 2.24) is 10.3 Å². The number of thiazole rings is 1. The molecule has 1 aliphatic rings. The predicted molar refractivity (Wildman–Crippen MR) is 95.6 cm³/mol. The standard InChI is InChI=1S/C19H24N2OS/c1-14-21-17(13-23-14)16-7-5-15(6-8-16)9-12-20-18(22)19(2)10-3-4-11-19/h5-8,13H,3-4,9-12H2,1-2H3,(H,20,22). The fourth-order valence-electron chi connectivity index (χ4n) is 3.25. The molecule has 3 nitrogen and oxygen atoms in total. The Morgan fingerprint density at radius 3 is 2.57 bits per heavy atom. The molecule has 1 aliphatic carbocycles. The van der Waals surface area contributed by atoms with Crippen molar-refractivity contribution < 1.29 is 4.79 Å². The molecule has 4 heteroatoms. The lowest BCUT2D eigenvalue weighted by molar-refractivity contribution is -0.129. The van der Waals surface area contributed by atoms with Crippen LogP contribution in [0.25, 0.3) is 11.3 Å². The van der Waals surface area contributed by atoms with Crippen LogP contribution >= 0.6 is 11.3 Å². The maximum absolute atomic E-state index is 12.3. The van der Waals surface area contributed by atoms with Crippen molar-refractivity contribution in [2.75, 3.05) is 6.54 Å². The van der Waals surface area contributed by atoms with Crippen LogP contribution in [0.5, 0.6) is 0 Å². The highest BCUT2D eigenvalue weighted by atomic mass is 32.1. The molecule has 1 saturated carbocycles. The maximum Gasteiger partial charge on any atom is 0.225 e. The molecule has 122 valence electrons. The number of hydrogen-bond acceptors (Lipinski definition) is 3. The number of carbonyl (C=O) groups excluding carboxylic acids is 1. The molecule has 3 rings (SSSR count). The summed E-state index contributed by atoms with van der Waals surface area (Å²) >= 11 is 1.67. The number of aryl methyl sites for hydroxylation is 1. The molecule has 0 unspecified atom stereocenters. The van der Waals surface area contributed by atoms with Crippen molar-refractivity contribution in [3.05, 3.63) is 40.2 Å². The van der Waals surface area contributed by atoms with Crippen molar-refractivity contribution in [1.29, 1.82) is 0 Å². The lowest BCUT2D eigenvalue weighted by Gasteiger charge is -2.22. The molecule has 1 fully saturated rings. The molecule has 0 bridgehead atoms. The fraction of sp³-hybridized carbons (Fsp3) is 0.474. The van der Waals surface area contributed by atoms with Gasteiger partial charge in [-0.25, -0.2) is 4.98 Å². The SMILES string of the molecule is Cc1nc(-c2ccc(CCNC(=O)C3(C)CCCC3)cc2)cs1. The Hall–Kier alpha value is -1.68. The first-order valence-electron chi connectivity index (χ1n) is 8.37. The van der Waals surface area contributed by atoms with Gasteiger partial charge in [-0.2, -0.15) is 0 Å². The van der Waals surface area contributed by atoms with Crippen LogP contribution in [0, 0.1) is 12.3 Å². The summed E-state index contributed by atoms with van der Waals surface area (Å²) in [5.74, 6) is 0.226. The van der Waals surface area contributed by atoms with E-state index < -0.39 is 0 Å². The topological polar surface area (TPSA) is 42.0 Å². The van der Waals surface area contributed by atoms with Gasteiger partial charge in [0, 0.05) is 22.9 Å². The van der Waals surface area contributed by atoms with E-state index in [4.69, 9.17) is 0 Å². The molecule has 0 aliphatic heterocycles. The van der Waals surface area contributed by atoms with Crippen LogP contribution in [0.2, 0.25) is 0 Å². The van der Waals surface area contributed by atoms with Gasteiger partial charge in [-0.05, 0) is 31.7 Å². The highest BCUT2D eigenvalue weighted by Gasteiger charge is 2.35. The predicted octanol–water partition coefficient (Wildman–Crippen LogP) is 4.36. The van der Waals surface area contributed by atoms with Gasteiger partial charge in [0.25, 0.3) is 0 Å². The van der Waals surface area contributed by atoms with E-state index in [0.717, 1.165) is 35.5 Å². The molecule has 0 atom stereocenters. The highest BCUT2D eigenvalue weighted by Crippen LogP contribution is 2.37. The number of nitrogens with one attached hydrogen (secondary N) is 1. The number of benzene rings is 1. The van der Waals surface area contributed by atoms with E-state index in [9.17, 15) is 4.79 Å². The average Bonchev–Trinajstić information content (AvgIpc) is 3.17. The Morgan fingerprint density at radius 2 is 1.96 bits per heavy atom. The highest BCUT2D eigenvalue weighted by molar-refractivity contribution is 7.09. The van der Waals surface area contributed by atoms with Gasteiger partial charge >= 0.3 is 0 Å². The van der Waals surface area contributed by atoms with Gasteiger partial charge in [-0.15, -0.1) is 11.3 Å². The molecule has 1 aromatic heterocycles. The summed E-state index contributed by atoms with van der Waals surface area (Å²) in [4.78, 5) is 16.8. The molecule has 1 heterocycles. The lowest BCUT2D eigenvalue weighted by Crippen LogP contribution is -2.38. The minimum Gasteiger partial charge on any atom is -0.355 e. The Labute approximate surface area is 142 Å². The molecule has 2 aromatic rings. The summed E-state index contributed by atoms with van der Waals surface area (Å²) in [7, 11) is 0. The van der Waals surface area contributed by atoms with Crippen LogP contribution in [-0.2, 0) is 11.2 Å². The van der Waals surface area contributed by atoms with E-state index in [0.29, 0.717) is 6.54 Å². The van der Waals surface area contributed by atoms with Crippen LogP contribution in [0.4, 0.5) is 0 Å². The van der Waals surface area contributed by atoms with Crippen LogP contribution in [0.15, 0.2) is 29.6 Å². The maximum atomic E-state index is 12.3. The second kappa shape index (κ2) is 6.83. The second-order valence-electron chi connectivity index (χ2n) is 6.72. The summed E-state index contributed by atoms with van der Waals surface area (Å²) in [6.45, 7) is 4.83. The van der Waals surface area contributed by atoms with Gasteiger partial charge in [-0.1, -0.05) is 44.0 Å². The monoisotopic (exact) mass is 328 g/mol. The Balaban J connectivity index is 1.52. The van der Waals surface area contributed by atoms with E-state index >= 15 is 0 Å². The quantitative estimate of drug-likeness (QED) is 0.886. The zero-order valence-corrected chi connectivity index (χ0v) is 14.7. The van der Waals surface area contributed by atoms with Gasteiger partial charge in [0.15, 0.2) is 0 Å². The Morgan fingerprint density at radius 1 is 1.26 bits per heavy atom. The van der Waals surface area contributed by atoms with Gasteiger partial charge in [0.1, 0.15) is 0 Å². The summed E-state index contributed by atoms with van der Waals surface area (Å²) < 4.78 is 0. The molecule has 1 aromatic carbocycles. The van der Waals surface area contributed by atoms with Crippen LogP contribution < -0.4 is 5.32 Å². The Bertz CT molecular complexity index is 669. The average molecular weight is 328 g/mol. The third-order valence-corrected chi connectivity index (χ3v) is 5.60. The number of rotatable bonds is 5. The van der Waals surface area contributed by atoms with Crippen molar-refractivity contribution in [3.63, 3.8) is 0 Å². The van der Waals surface area contributed by atoms with Gasteiger partial charge in [0.05, 0.1) is 10.7 Å². The molecule has 1 amide bonds. The van der Waals surface area contributed by atoms with Crippen LogP contribution in [0.1, 0.15) is 43.2 Å². The third-order valence-electron chi connectivity index (χ3n) is 4.82. The van der Waals surface area contributed by atoms with E-state index in [1.54, 1.807) is 11.3 Å². The number of aromatic nitrogens is 1. The molecule has 0 spiro atoms.